The molecule has 2 unspecified atom stereocenters. The second kappa shape index (κ2) is 12.2. The van der Waals surface area contributed by atoms with Gasteiger partial charge in [-0.05, 0) is 72.7 Å². The van der Waals surface area contributed by atoms with E-state index < -0.39 is 12.0 Å². The lowest BCUT2D eigenvalue weighted by Gasteiger charge is -2.24. The molecule has 0 saturated heterocycles. The van der Waals surface area contributed by atoms with Crippen molar-refractivity contribution in [3.63, 3.8) is 0 Å². The highest BCUT2D eigenvalue weighted by Gasteiger charge is 2.28. The number of carbonyl (C=O) groups is 1. The van der Waals surface area contributed by atoms with Crippen LogP contribution in [-0.2, 0) is 17.6 Å². The monoisotopic (exact) mass is 498 g/mol. The van der Waals surface area contributed by atoms with Crippen LogP contribution in [0.3, 0.4) is 0 Å². The molecule has 0 bridgehead atoms. The van der Waals surface area contributed by atoms with Crippen LogP contribution in [0, 0.1) is 5.92 Å². The second-order valence-corrected chi connectivity index (χ2v) is 8.81. The van der Waals surface area contributed by atoms with Crippen molar-refractivity contribution in [2.24, 2.45) is 11.7 Å². The summed E-state index contributed by atoms with van der Waals surface area (Å²) in [6.45, 7) is 0.550. The number of allylic oxidation sites excluding steroid dienone is 2. The van der Waals surface area contributed by atoms with Crippen molar-refractivity contribution in [2.75, 3.05) is 20.8 Å². The Bertz CT molecular complexity index is 1140. The fourth-order valence-electron chi connectivity index (χ4n) is 4.27. The Kier molecular flexibility index (Phi) is 9.08. The van der Waals surface area contributed by atoms with Gasteiger partial charge in [-0.15, -0.1) is 0 Å². The molecule has 1 aliphatic rings. The number of aromatic hydroxyl groups is 3. The topological polar surface area (TPSA) is 154 Å². The van der Waals surface area contributed by atoms with E-state index in [1.165, 1.54) is 26.4 Å². The Labute approximate surface area is 210 Å². The van der Waals surface area contributed by atoms with E-state index in [1.807, 2.05) is 6.08 Å². The Morgan fingerprint density at radius 1 is 1.03 bits per heavy atom. The number of nitrogens with one attached hydrogen (secondary N) is 1. The number of carbonyl (C=O) groups excluding carboxylic acids is 1. The summed E-state index contributed by atoms with van der Waals surface area (Å²) in [7, 11) is 2.85. The molecule has 36 heavy (non-hydrogen) atoms. The number of benzene rings is 2. The van der Waals surface area contributed by atoms with E-state index >= 15 is 0 Å². The van der Waals surface area contributed by atoms with Crippen LogP contribution in [0.1, 0.15) is 30.4 Å². The standard InChI is InChI=1S/C27H34N2O7/c1-35-24-13-16(4-8-22(24)32)3-6-20(30)19(11-18-9-10-29-26(28)15-18)21(31)7-5-17-12-23(33)27(34)25(14-17)36-2/h4,8-9,12-15,19-20,29-30,32-34H,3,5-7,10-11,28H2,1-2H3. The van der Waals surface area contributed by atoms with Gasteiger partial charge in [0.15, 0.2) is 23.0 Å². The van der Waals surface area contributed by atoms with Gasteiger partial charge in [0.25, 0.3) is 0 Å². The Balaban J connectivity index is 1.73. The molecule has 194 valence electrons. The maximum Gasteiger partial charge on any atom is 0.200 e. The van der Waals surface area contributed by atoms with E-state index in [9.17, 15) is 25.2 Å². The van der Waals surface area contributed by atoms with Crippen LogP contribution in [0.5, 0.6) is 28.7 Å². The van der Waals surface area contributed by atoms with Gasteiger partial charge in [0.1, 0.15) is 5.78 Å². The highest BCUT2D eigenvalue weighted by Crippen LogP contribution is 2.37. The van der Waals surface area contributed by atoms with Gasteiger partial charge >= 0.3 is 0 Å². The number of Topliss-reactive ketones (excluding diaryl/α,β-unsaturated/α-hetero) is 1. The lowest BCUT2D eigenvalue weighted by atomic mass is 9.84. The highest BCUT2D eigenvalue weighted by atomic mass is 16.5. The number of hydrogen-bond donors (Lipinski definition) is 6. The average molecular weight is 499 g/mol. The van der Waals surface area contributed by atoms with Crippen molar-refractivity contribution in [1.29, 1.82) is 0 Å². The van der Waals surface area contributed by atoms with Crippen molar-refractivity contribution in [1.82, 2.24) is 5.32 Å². The van der Waals surface area contributed by atoms with Crippen LogP contribution in [-0.4, -0.2) is 53.1 Å². The quantitative estimate of drug-likeness (QED) is 0.242. The van der Waals surface area contributed by atoms with Gasteiger partial charge in [0.05, 0.1) is 26.1 Å². The normalized spacial score (nSPS) is 14.8. The zero-order chi connectivity index (χ0) is 26.2. The lowest BCUT2D eigenvalue weighted by Crippen LogP contribution is -2.31. The first-order valence-corrected chi connectivity index (χ1v) is 11.8. The molecule has 1 heterocycles. The number of rotatable bonds is 12. The highest BCUT2D eigenvalue weighted by molar-refractivity contribution is 5.82. The van der Waals surface area contributed by atoms with Crippen molar-refractivity contribution in [3.05, 3.63) is 65.0 Å². The minimum absolute atomic E-state index is 0.0361. The van der Waals surface area contributed by atoms with Crippen LogP contribution in [0.25, 0.3) is 0 Å². The van der Waals surface area contributed by atoms with Crippen LogP contribution in [0.4, 0.5) is 0 Å². The molecule has 9 heteroatoms. The molecule has 0 saturated carbocycles. The number of methoxy groups -OCH3 is 2. The summed E-state index contributed by atoms with van der Waals surface area (Å²) in [4.78, 5) is 13.3. The first-order chi connectivity index (χ1) is 17.2. The molecular formula is C27H34N2O7. The number of ketones is 1. The summed E-state index contributed by atoms with van der Waals surface area (Å²) in [5.41, 5.74) is 8.26. The van der Waals surface area contributed by atoms with Gasteiger partial charge in [-0.1, -0.05) is 12.1 Å². The van der Waals surface area contributed by atoms with E-state index in [0.29, 0.717) is 49.4 Å². The molecule has 9 nitrogen and oxygen atoms in total. The molecule has 0 fully saturated rings. The summed E-state index contributed by atoms with van der Waals surface area (Å²) in [6, 6.07) is 7.98. The minimum atomic E-state index is -0.912. The number of aliphatic hydroxyl groups excluding tert-OH is 1. The Hall–Kier alpha value is -3.85. The number of aryl methyl sites for hydroxylation is 2. The van der Waals surface area contributed by atoms with Crippen molar-refractivity contribution in [3.8, 4) is 28.7 Å². The predicted molar refractivity (Wildman–Crippen MR) is 135 cm³/mol. The maximum atomic E-state index is 13.3. The fourth-order valence-corrected chi connectivity index (χ4v) is 4.27. The number of aliphatic hydroxyl groups is 1. The predicted octanol–water partition coefficient (Wildman–Crippen LogP) is 2.65. The zero-order valence-electron chi connectivity index (χ0n) is 20.5. The Morgan fingerprint density at radius 3 is 2.44 bits per heavy atom. The van der Waals surface area contributed by atoms with Crippen LogP contribution in [0.2, 0.25) is 0 Å². The third-order valence-corrected chi connectivity index (χ3v) is 6.31. The fraction of sp³-hybridized carbons (Fsp3) is 0.370. The van der Waals surface area contributed by atoms with E-state index in [0.717, 1.165) is 11.1 Å². The summed E-state index contributed by atoms with van der Waals surface area (Å²) in [6.07, 6.45) is 4.40. The average Bonchev–Trinajstić information content (AvgIpc) is 2.87. The van der Waals surface area contributed by atoms with Crippen LogP contribution >= 0.6 is 0 Å². The summed E-state index contributed by atoms with van der Waals surface area (Å²) >= 11 is 0. The first-order valence-electron chi connectivity index (χ1n) is 11.8. The van der Waals surface area contributed by atoms with Crippen molar-refractivity contribution in [2.45, 2.75) is 38.2 Å². The van der Waals surface area contributed by atoms with Gasteiger partial charge in [0.2, 0.25) is 5.75 Å². The van der Waals surface area contributed by atoms with Gasteiger partial charge < -0.3 is 41.0 Å². The minimum Gasteiger partial charge on any atom is -0.504 e. The molecule has 2 aromatic rings. The summed E-state index contributed by atoms with van der Waals surface area (Å²) in [5.74, 6) is -0.438. The van der Waals surface area contributed by atoms with Crippen molar-refractivity contribution >= 4 is 5.78 Å². The SMILES string of the molecule is COc1cc(CCC(O)C(CC2=CCNC(N)=C2)C(=O)CCc2cc(O)c(O)c(OC)c2)ccc1O. The molecule has 0 spiro atoms. The second-order valence-electron chi connectivity index (χ2n) is 8.81. The number of hydrogen-bond acceptors (Lipinski definition) is 9. The van der Waals surface area contributed by atoms with Gasteiger partial charge in [-0.2, -0.15) is 0 Å². The van der Waals surface area contributed by atoms with Gasteiger partial charge in [0, 0.05) is 18.9 Å². The molecule has 2 atom stereocenters. The number of phenolic OH excluding ortho intramolecular Hbond substituents is 3. The van der Waals surface area contributed by atoms with E-state index in [-0.39, 0.29) is 35.2 Å². The molecule has 2 aromatic carbocycles. The van der Waals surface area contributed by atoms with E-state index in [2.05, 4.69) is 5.32 Å². The molecule has 0 aromatic heterocycles. The summed E-state index contributed by atoms with van der Waals surface area (Å²) in [5, 5.41) is 43.7. The zero-order valence-corrected chi connectivity index (χ0v) is 20.5. The van der Waals surface area contributed by atoms with Crippen LogP contribution < -0.4 is 20.5 Å². The number of nitrogens with two attached hydrogens (primary N) is 1. The molecule has 3 rings (SSSR count). The lowest BCUT2D eigenvalue weighted by molar-refractivity contribution is -0.126. The van der Waals surface area contributed by atoms with E-state index in [1.54, 1.807) is 24.3 Å². The Morgan fingerprint density at radius 2 is 1.75 bits per heavy atom. The smallest absolute Gasteiger partial charge is 0.200 e. The number of ether oxygens (including phenoxy) is 2. The molecule has 0 radical (unpaired) electrons. The molecule has 0 aliphatic carbocycles. The van der Waals surface area contributed by atoms with E-state index in [4.69, 9.17) is 15.2 Å². The van der Waals surface area contributed by atoms with Crippen molar-refractivity contribution < 1.29 is 34.7 Å². The number of phenols is 3. The number of dihydropyridines is 1. The largest absolute Gasteiger partial charge is 0.504 e. The van der Waals surface area contributed by atoms with Crippen LogP contribution in [0.15, 0.2) is 53.9 Å². The molecule has 0 amide bonds. The maximum absolute atomic E-state index is 13.3. The first kappa shape index (κ1) is 26.7. The molecular weight excluding hydrogens is 464 g/mol. The molecule has 7 N–H and O–H groups in total. The van der Waals surface area contributed by atoms with Gasteiger partial charge in [-0.25, -0.2) is 0 Å². The molecule has 1 aliphatic heterocycles. The summed E-state index contributed by atoms with van der Waals surface area (Å²) < 4.78 is 10.2. The van der Waals surface area contributed by atoms with Gasteiger partial charge in [-0.3, -0.25) is 4.79 Å². The third-order valence-electron chi connectivity index (χ3n) is 6.31. The third kappa shape index (κ3) is 6.85.